The van der Waals surface area contributed by atoms with Crippen LogP contribution in [0.1, 0.15) is 19.8 Å². The third kappa shape index (κ3) is 11.3. The van der Waals surface area contributed by atoms with E-state index >= 15 is 0 Å². The molecule has 0 radical (unpaired) electrons. The highest BCUT2D eigenvalue weighted by Gasteiger charge is 2.20. The number of carbonyl (C=O) groups excluding carboxylic acids is 5. The van der Waals surface area contributed by atoms with Crippen molar-refractivity contribution in [3.63, 3.8) is 0 Å². The van der Waals surface area contributed by atoms with E-state index in [-0.39, 0.29) is 32.0 Å². The van der Waals surface area contributed by atoms with Gasteiger partial charge in [0.05, 0.1) is 20.2 Å². The minimum absolute atomic E-state index is 0.252. The lowest BCUT2D eigenvalue weighted by atomic mass is 10.2. The van der Waals surface area contributed by atoms with Crippen molar-refractivity contribution < 1.29 is 28.7 Å². The van der Waals surface area contributed by atoms with Gasteiger partial charge in [0.2, 0.25) is 23.6 Å². The van der Waals surface area contributed by atoms with Gasteiger partial charge in [-0.25, -0.2) is 0 Å². The van der Waals surface area contributed by atoms with Gasteiger partial charge in [-0.2, -0.15) is 11.8 Å². The van der Waals surface area contributed by atoms with E-state index in [0.717, 1.165) is 0 Å². The third-order valence-electron chi connectivity index (χ3n) is 3.11. The Morgan fingerprint density at radius 2 is 1.50 bits per heavy atom. The Labute approximate surface area is 156 Å². The van der Waals surface area contributed by atoms with Gasteiger partial charge in [-0.3, -0.25) is 24.0 Å². The summed E-state index contributed by atoms with van der Waals surface area (Å²) in [7, 11) is 1.19. The fraction of sp³-hybridized carbons (Fsp3) is 0.667. The number of ether oxygens (including phenoxy) is 1. The molecule has 0 fully saturated rings. The van der Waals surface area contributed by atoms with Gasteiger partial charge >= 0.3 is 5.97 Å². The highest BCUT2D eigenvalue weighted by molar-refractivity contribution is 7.98. The van der Waals surface area contributed by atoms with Crippen molar-refractivity contribution in [3.05, 3.63) is 0 Å². The fourth-order valence-electron chi connectivity index (χ4n) is 1.64. The number of methoxy groups -OCH3 is 1. The second-order valence-corrected chi connectivity index (χ2v) is 6.09. The Morgan fingerprint density at radius 3 is 2.04 bits per heavy atom. The largest absolute Gasteiger partial charge is 0.468 e. The Morgan fingerprint density at radius 1 is 0.923 bits per heavy atom. The molecule has 1 atom stereocenters. The molecule has 10 nitrogen and oxygen atoms in total. The molecule has 0 aliphatic rings. The van der Waals surface area contributed by atoms with Crippen LogP contribution in [0.25, 0.3) is 0 Å². The first-order valence-corrected chi connectivity index (χ1v) is 9.39. The van der Waals surface area contributed by atoms with Gasteiger partial charge in [0.25, 0.3) is 0 Å². The van der Waals surface area contributed by atoms with Crippen LogP contribution in [0.2, 0.25) is 0 Å². The minimum Gasteiger partial charge on any atom is -0.468 e. The van der Waals surface area contributed by atoms with E-state index in [1.165, 1.54) is 18.9 Å². The topological polar surface area (TPSA) is 143 Å². The van der Waals surface area contributed by atoms with Crippen molar-refractivity contribution in [2.24, 2.45) is 0 Å². The van der Waals surface area contributed by atoms with Crippen LogP contribution in [0.5, 0.6) is 0 Å². The molecule has 11 heteroatoms. The monoisotopic (exact) mass is 390 g/mol. The highest BCUT2D eigenvalue weighted by atomic mass is 32.2. The smallest absolute Gasteiger partial charge is 0.325 e. The second-order valence-electron chi connectivity index (χ2n) is 5.10. The zero-order valence-corrected chi connectivity index (χ0v) is 16.0. The van der Waals surface area contributed by atoms with Gasteiger partial charge in [0.15, 0.2) is 0 Å². The number of nitrogens with one attached hydrogen (secondary N) is 4. The summed E-state index contributed by atoms with van der Waals surface area (Å²) < 4.78 is 4.36. The molecule has 0 saturated carbocycles. The Balaban J connectivity index is 4.23. The maximum absolute atomic E-state index is 12.1. The van der Waals surface area contributed by atoms with Crippen molar-refractivity contribution >= 4 is 41.4 Å². The number of amides is 4. The third-order valence-corrected chi connectivity index (χ3v) is 3.75. The van der Waals surface area contributed by atoms with E-state index in [2.05, 4.69) is 26.0 Å². The standard InChI is InChI=1S/C15H26N4O6S/c1-4-11(20)19-10(5-6-26-3)15(24)18-8-13(22)16-7-12(21)17-9-14(23)25-2/h10H,4-9H2,1-3H3,(H,16,22)(H,17,21)(H,18,24)(H,19,20). The molecular weight excluding hydrogens is 364 g/mol. The molecule has 0 bridgehead atoms. The molecule has 0 aliphatic carbocycles. The molecule has 0 rings (SSSR count). The molecule has 26 heavy (non-hydrogen) atoms. The van der Waals surface area contributed by atoms with E-state index in [1.807, 2.05) is 6.26 Å². The average molecular weight is 390 g/mol. The summed E-state index contributed by atoms with van der Waals surface area (Å²) in [5.74, 6) is -1.79. The van der Waals surface area contributed by atoms with Crippen LogP contribution in [-0.4, -0.2) is 74.4 Å². The van der Waals surface area contributed by atoms with Crippen LogP contribution in [0.3, 0.4) is 0 Å². The van der Waals surface area contributed by atoms with Crippen molar-refractivity contribution in [3.8, 4) is 0 Å². The van der Waals surface area contributed by atoms with Crippen LogP contribution in [-0.2, 0) is 28.7 Å². The molecule has 148 valence electrons. The van der Waals surface area contributed by atoms with Crippen molar-refractivity contribution in [1.29, 1.82) is 0 Å². The van der Waals surface area contributed by atoms with Crippen LogP contribution in [0.15, 0.2) is 0 Å². The average Bonchev–Trinajstić information content (AvgIpc) is 2.65. The van der Waals surface area contributed by atoms with Gasteiger partial charge in [0.1, 0.15) is 12.6 Å². The molecule has 0 aromatic heterocycles. The number of rotatable bonds is 12. The minimum atomic E-state index is -0.717. The summed E-state index contributed by atoms with van der Waals surface area (Å²) in [4.78, 5) is 57.5. The van der Waals surface area contributed by atoms with Crippen molar-refractivity contribution in [2.75, 3.05) is 38.8 Å². The number of esters is 1. The lowest BCUT2D eigenvalue weighted by Crippen LogP contribution is -2.49. The lowest BCUT2D eigenvalue weighted by molar-refractivity contribution is -0.141. The highest BCUT2D eigenvalue weighted by Crippen LogP contribution is 2.01. The summed E-state index contributed by atoms with van der Waals surface area (Å²) in [5.41, 5.74) is 0. The van der Waals surface area contributed by atoms with E-state index in [0.29, 0.717) is 12.2 Å². The van der Waals surface area contributed by atoms with E-state index in [4.69, 9.17) is 0 Å². The van der Waals surface area contributed by atoms with Crippen LogP contribution < -0.4 is 21.3 Å². The zero-order chi connectivity index (χ0) is 19.9. The Kier molecular flexibility index (Phi) is 12.7. The Hall–Kier alpha value is -2.30. The first kappa shape index (κ1) is 23.7. The van der Waals surface area contributed by atoms with E-state index in [1.54, 1.807) is 6.92 Å². The normalized spacial score (nSPS) is 11.0. The predicted octanol–water partition coefficient (Wildman–Crippen LogP) is -1.84. The maximum atomic E-state index is 12.1. The molecule has 0 aromatic carbocycles. The van der Waals surface area contributed by atoms with Crippen LogP contribution in [0.4, 0.5) is 0 Å². The van der Waals surface area contributed by atoms with Crippen LogP contribution in [0, 0.1) is 0 Å². The molecule has 4 amide bonds. The summed E-state index contributed by atoms with van der Waals surface area (Å²) in [5, 5.41) is 9.59. The SMILES string of the molecule is CCC(=O)NC(CCSC)C(=O)NCC(=O)NCC(=O)NCC(=O)OC. The zero-order valence-electron chi connectivity index (χ0n) is 15.2. The molecule has 1 unspecified atom stereocenters. The van der Waals surface area contributed by atoms with Gasteiger partial charge in [-0.1, -0.05) is 6.92 Å². The molecule has 4 N–H and O–H groups in total. The molecule has 0 aliphatic heterocycles. The van der Waals surface area contributed by atoms with Gasteiger partial charge in [-0.15, -0.1) is 0 Å². The Bertz CT molecular complexity index is 514. The fourth-order valence-corrected chi connectivity index (χ4v) is 2.11. The van der Waals surface area contributed by atoms with Crippen LogP contribution >= 0.6 is 11.8 Å². The molecule has 0 heterocycles. The van der Waals surface area contributed by atoms with E-state index < -0.39 is 29.7 Å². The first-order chi connectivity index (χ1) is 12.3. The summed E-state index contributed by atoms with van der Waals surface area (Å²) in [6, 6.07) is -0.717. The first-order valence-electron chi connectivity index (χ1n) is 8.00. The quantitative estimate of drug-likeness (QED) is 0.287. The predicted molar refractivity (Wildman–Crippen MR) is 96.3 cm³/mol. The number of carbonyl (C=O) groups is 5. The maximum Gasteiger partial charge on any atom is 0.325 e. The molecular formula is C15H26N4O6S. The van der Waals surface area contributed by atoms with Crippen molar-refractivity contribution in [1.82, 2.24) is 21.3 Å². The molecule has 0 spiro atoms. The summed E-state index contributed by atoms with van der Waals surface area (Å²) in [6.07, 6.45) is 2.58. The molecule has 0 aromatic rings. The number of hydrogen-bond acceptors (Lipinski definition) is 7. The van der Waals surface area contributed by atoms with Gasteiger partial charge in [-0.05, 0) is 18.4 Å². The van der Waals surface area contributed by atoms with Gasteiger partial charge in [0, 0.05) is 6.42 Å². The molecule has 0 saturated heterocycles. The number of thioether (sulfide) groups is 1. The van der Waals surface area contributed by atoms with Crippen molar-refractivity contribution in [2.45, 2.75) is 25.8 Å². The second kappa shape index (κ2) is 13.9. The number of hydrogen-bond donors (Lipinski definition) is 4. The van der Waals surface area contributed by atoms with E-state index in [9.17, 15) is 24.0 Å². The van der Waals surface area contributed by atoms with Gasteiger partial charge < -0.3 is 26.0 Å². The summed E-state index contributed by atoms with van der Waals surface area (Å²) >= 11 is 1.54. The summed E-state index contributed by atoms with van der Waals surface area (Å²) in [6.45, 7) is 0.711. The lowest BCUT2D eigenvalue weighted by Gasteiger charge is -2.17.